The van der Waals surface area contributed by atoms with Gasteiger partial charge in [0.1, 0.15) is 22.9 Å². The Kier molecular flexibility index (Phi) is 9.10. The number of fused-ring (bicyclic) bond motifs is 1. The highest BCUT2D eigenvalue weighted by molar-refractivity contribution is 6.05. The molecular weight excluding hydrogens is 525 g/mol. The number of aromatic hydroxyl groups is 1. The van der Waals surface area contributed by atoms with Gasteiger partial charge in [-0.15, -0.1) is 0 Å². The number of amides is 1. The van der Waals surface area contributed by atoms with Crippen molar-refractivity contribution in [1.82, 2.24) is 11.0 Å². The minimum atomic E-state index is -0.403. The molecule has 3 aromatic carbocycles. The molecule has 0 atom stereocenters. The van der Waals surface area contributed by atoms with Gasteiger partial charge in [0.15, 0.2) is 11.5 Å². The third-order valence-electron chi connectivity index (χ3n) is 6.36. The van der Waals surface area contributed by atoms with E-state index in [0.717, 1.165) is 22.9 Å². The summed E-state index contributed by atoms with van der Waals surface area (Å²) >= 11 is 0. The molecule has 1 aromatic heterocycles. The number of phenols is 1. The number of hydrogen-bond acceptors (Lipinski definition) is 7. The number of hydrogen-bond donors (Lipinski definition) is 4. The third kappa shape index (κ3) is 7.84. The van der Waals surface area contributed by atoms with Crippen LogP contribution in [-0.2, 0) is 6.42 Å². The molecule has 1 aliphatic carbocycles. The summed E-state index contributed by atoms with van der Waals surface area (Å²) in [4.78, 5) is 18.6. The molecule has 9 heteroatoms. The van der Waals surface area contributed by atoms with Gasteiger partial charge in [-0.1, -0.05) is 53.6 Å². The molecule has 0 bridgehead atoms. The number of carbonyl (C=O) groups excluding carboxylic acids is 1. The molecule has 0 fully saturated rings. The van der Waals surface area contributed by atoms with Crippen LogP contribution >= 0.6 is 0 Å². The number of benzene rings is 3. The van der Waals surface area contributed by atoms with E-state index < -0.39 is 5.91 Å². The fourth-order valence-corrected chi connectivity index (χ4v) is 4.20. The maximum absolute atomic E-state index is 13.4. The Balaban J connectivity index is 1.22. The van der Waals surface area contributed by atoms with E-state index in [1.807, 2.05) is 36.4 Å². The van der Waals surface area contributed by atoms with Gasteiger partial charge in [0, 0.05) is 18.0 Å². The van der Waals surface area contributed by atoms with Crippen LogP contribution in [0.2, 0.25) is 0 Å². The smallest absolute Gasteiger partial charge is 0.291 e. The molecular formula is C32H30FN3O5. The van der Waals surface area contributed by atoms with Crippen molar-refractivity contribution in [1.29, 1.82) is 0 Å². The lowest BCUT2D eigenvalue weighted by atomic mass is 10.1. The molecule has 8 nitrogen and oxygen atoms in total. The Labute approximate surface area is 236 Å². The van der Waals surface area contributed by atoms with E-state index >= 15 is 0 Å². The summed E-state index contributed by atoms with van der Waals surface area (Å²) in [5.74, 6) is 0.630. The number of anilines is 1. The molecule has 0 saturated heterocycles. The zero-order chi connectivity index (χ0) is 28.4. The minimum Gasteiger partial charge on any atom is -0.508 e. The van der Waals surface area contributed by atoms with Crippen molar-refractivity contribution in [2.45, 2.75) is 19.3 Å². The lowest BCUT2D eigenvalue weighted by Crippen LogP contribution is -2.36. The van der Waals surface area contributed by atoms with Crippen molar-refractivity contribution in [3.63, 3.8) is 0 Å². The van der Waals surface area contributed by atoms with E-state index in [2.05, 4.69) is 16.3 Å². The van der Waals surface area contributed by atoms with Crippen molar-refractivity contribution in [2.24, 2.45) is 0 Å². The predicted octanol–water partition coefficient (Wildman–Crippen LogP) is 6.53. The molecule has 4 N–H and O–H groups in total. The number of furan rings is 1. The normalized spacial score (nSPS) is 12.9. The molecule has 0 unspecified atom stereocenters. The van der Waals surface area contributed by atoms with E-state index in [9.17, 15) is 14.3 Å². The van der Waals surface area contributed by atoms with Crippen LogP contribution in [0, 0.1) is 0 Å². The van der Waals surface area contributed by atoms with Crippen molar-refractivity contribution < 1.29 is 28.3 Å². The van der Waals surface area contributed by atoms with Crippen LogP contribution in [0.4, 0.5) is 10.1 Å². The lowest BCUT2D eigenvalue weighted by molar-refractivity contribution is 0.0998. The minimum absolute atomic E-state index is 0.188. The number of carbonyl (C=O) groups is 1. The van der Waals surface area contributed by atoms with Crippen molar-refractivity contribution in [3.8, 4) is 17.2 Å². The number of para-hydroxylation sites is 1. The monoisotopic (exact) mass is 555 g/mol. The fraction of sp³-hybridized carbons (Fsp3) is 0.156. The van der Waals surface area contributed by atoms with Crippen molar-refractivity contribution in [2.75, 3.05) is 18.5 Å². The first-order chi connectivity index (χ1) is 20.0. The van der Waals surface area contributed by atoms with E-state index in [-0.39, 0.29) is 17.3 Å². The van der Waals surface area contributed by atoms with Crippen molar-refractivity contribution >= 4 is 22.6 Å². The van der Waals surface area contributed by atoms with E-state index in [1.54, 1.807) is 48.5 Å². The highest BCUT2D eigenvalue weighted by Gasteiger charge is 2.16. The van der Waals surface area contributed by atoms with Gasteiger partial charge in [0.2, 0.25) is 0 Å². The second-order valence-electron chi connectivity index (χ2n) is 9.41. The maximum atomic E-state index is 13.4. The average Bonchev–Trinajstić information content (AvgIpc) is 3.32. The van der Waals surface area contributed by atoms with Gasteiger partial charge >= 0.3 is 0 Å². The lowest BCUT2D eigenvalue weighted by Gasteiger charge is -2.15. The van der Waals surface area contributed by atoms with Gasteiger partial charge in [0.05, 0.1) is 12.3 Å². The van der Waals surface area contributed by atoms with Crippen molar-refractivity contribution in [3.05, 3.63) is 120 Å². The summed E-state index contributed by atoms with van der Waals surface area (Å²) < 4.78 is 25.1. The Bertz CT molecular complexity index is 1550. The SMILES string of the molecule is O=C(Nc1ccc(ONNCC2=CC=CC(F)=CC2)cc1OCCCc1ccc(O)cc1)c1cc2ccccc2o1. The molecule has 0 aliphatic heterocycles. The molecule has 1 aliphatic rings. The first-order valence-electron chi connectivity index (χ1n) is 13.2. The molecule has 1 heterocycles. The average molecular weight is 556 g/mol. The number of rotatable bonds is 12. The second kappa shape index (κ2) is 13.5. The summed E-state index contributed by atoms with van der Waals surface area (Å²) in [5.41, 5.74) is 8.80. The molecule has 0 spiro atoms. The highest BCUT2D eigenvalue weighted by Crippen LogP contribution is 2.31. The van der Waals surface area contributed by atoms with Crippen LogP contribution in [0.3, 0.4) is 0 Å². The molecule has 0 radical (unpaired) electrons. The predicted molar refractivity (Wildman–Crippen MR) is 155 cm³/mol. The molecule has 210 valence electrons. The van der Waals surface area contributed by atoms with Crippen LogP contribution in [0.15, 0.2) is 113 Å². The number of halogens is 1. The molecule has 41 heavy (non-hydrogen) atoms. The molecule has 4 aromatic rings. The first-order valence-corrected chi connectivity index (χ1v) is 13.2. The number of allylic oxidation sites excluding steroid dienone is 5. The van der Waals surface area contributed by atoms with E-state index in [4.69, 9.17) is 14.0 Å². The fourth-order valence-electron chi connectivity index (χ4n) is 4.20. The number of aryl methyl sites for hydroxylation is 1. The molecule has 1 amide bonds. The second-order valence-corrected chi connectivity index (χ2v) is 9.41. The van der Waals surface area contributed by atoms with E-state index in [1.165, 1.54) is 12.2 Å². The van der Waals surface area contributed by atoms with Crippen LogP contribution in [0.1, 0.15) is 29.0 Å². The standard InChI is InChI=1S/C32H30FN3O5/c33-25-8-3-5-23(10-13-25)21-34-36-41-27-16-17-28(35-32(38)31-19-24-7-1-2-9-29(24)40-31)30(20-27)39-18-4-6-22-11-14-26(37)15-12-22/h1-3,5,7-9,11-17,19-20,34,36-37H,4,6,10,18,21H2,(H,35,38). The summed E-state index contributed by atoms with van der Waals surface area (Å²) in [6, 6.07) is 21.2. The van der Waals surface area contributed by atoms with Gasteiger partial charge in [-0.05, 0) is 73.4 Å². The number of hydrazine groups is 1. The molecule has 0 saturated carbocycles. The van der Waals surface area contributed by atoms with Gasteiger partial charge in [-0.2, -0.15) is 0 Å². The number of phenolic OH excluding ortho intramolecular Hbond substituents is 1. The number of nitrogens with one attached hydrogen (secondary N) is 3. The Hall–Kier alpha value is -4.86. The molecule has 5 rings (SSSR count). The van der Waals surface area contributed by atoms with Crippen LogP contribution in [0.5, 0.6) is 17.2 Å². The Morgan fingerprint density at radius 1 is 1.05 bits per heavy atom. The highest BCUT2D eigenvalue weighted by atomic mass is 19.1. The van der Waals surface area contributed by atoms with Crippen LogP contribution in [-0.4, -0.2) is 24.2 Å². The summed E-state index contributed by atoms with van der Waals surface area (Å²) in [7, 11) is 0. The topological polar surface area (TPSA) is 105 Å². The van der Waals surface area contributed by atoms with Gasteiger partial charge < -0.3 is 24.4 Å². The maximum Gasteiger partial charge on any atom is 0.291 e. The Morgan fingerprint density at radius 3 is 2.76 bits per heavy atom. The zero-order valence-corrected chi connectivity index (χ0v) is 22.2. The Morgan fingerprint density at radius 2 is 1.90 bits per heavy atom. The van der Waals surface area contributed by atoms with E-state index in [0.29, 0.717) is 48.8 Å². The summed E-state index contributed by atoms with van der Waals surface area (Å²) in [5, 5.41) is 13.2. The van der Waals surface area contributed by atoms with Crippen LogP contribution < -0.4 is 25.9 Å². The van der Waals surface area contributed by atoms with Gasteiger partial charge in [-0.25, -0.2) is 9.82 Å². The summed E-state index contributed by atoms with van der Waals surface area (Å²) in [6.45, 7) is 0.829. The quantitative estimate of drug-likeness (QED) is 0.116. The summed E-state index contributed by atoms with van der Waals surface area (Å²) in [6.07, 6.45) is 8.41. The van der Waals surface area contributed by atoms with Gasteiger partial charge in [0.25, 0.3) is 5.91 Å². The zero-order valence-electron chi connectivity index (χ0n) is 22.2. The third-order valence-corrected chi connectivity index (χ3v) is 6.36. The first kappa shape index (κ1) is 27.7. The van der Waals surface area contributed by atoms with Crippen LogP contribution in [0.25, 0.3) is 11.0 Å². The largest absolute Gasteiger partial charge is 0.508 e. The number of ether oxygens (including phenoxy) is 1. The van der Waals surface area contributed by atoms with Gasteiger partial charge in [-0.3, -0.25) is 4.79 Å².